The van der Waals surface area contributed by atoms with E-state index in [2.05, 4.69) is 60.5 Å². The predicted molar refractivity (Wildman–Crippen MR) is 98.3 cm³/mol. The van der Waals surface area contributed by atoms with Crippen LogP contribution in [0, 0.1) is 5.92 Å². The fraction of sp³-hybridized carbons (Fsp3) is 0.600. The molecule has 0 unspecified atom stereocenters. The lowest BCUT2D eigenvalue weighted by atomic mass is 10.1. The summed E-state index contributed by atoms with van der Waals surface area (Å²) in [6.07, 6.45) is 11.5. The van der Waals surface area contributed by atoms with Crippen LogP contribution in [0.4, 0.5) is 5.69 Å². The maximum Gasteiger partial charge on any atom is 0.0340 e. The first-order chi connectivity index (χ1) is 10.8. The average molecular weight is 300 g/mol. The Labute approximate surface area is 136 Å². The van der Waals surface area contributed by atoms with Crippen LogP contribution in [0.3, 0.4) is 0 Å². The summed E-state index contributed by atoms with van der Waals surface area (Å²) in [6, 6.07) is 8.84. The highest BCUT2D eigenvalue weighted by Crippen LogP contribution is 2.26. The van der Waals surface area contributed by atoms with Gasteiger partial charge in [0.25, 0.3) is 0 Å². The number of nitrogens with zero attached hydrogens (tertiary/aromatic N) is 1. The molecule has 2 nitrogen and oxygen atoms in total. The molecule has 0 saturated heterocycles. The third-order valence-corrected chi connectivity index (χ3v) is 4.75. The summed E-state index contributed by atoms with van der Waals surface area (Å²) < 4.78 is 0. The summed E-state index contributed by atoms with van der Waals surface area (Å²) in [6.45, 7) is 9.00. The summed E-state index contributed by atoms with van der Waals surface area (Å²) in [5.41, 5.74) is 2.55. The lowest BCUT2D eigenvalue weighted by Gasteiger charge is -2.17. The Bertz CT molecular complexity index is 426. The normalized spacial score (nSPS) is 16.0. The van der Waals surface area contributed by atoms with E-state index in [0.29, 0.717) is 0 Å². The fourth-order valence-corrected chi connectivity index (χ4v) is 3.18. The van der Waals surface area contributed by atoms with Gasteiger partial charge in [-0.3, -0.25) is 0 Å². The first-order valence-electron chi connectivity index (χ1n) is 9.06. The quantitative estimate of drug-likeness (QED) is 0.643. The topological polar surface area (TPSA) is 15.3 Å². The molecule has 22 heavy (non-hydrogen) atoms. The molecule has 2 heteroatoms. The smallest absolute Gasteiger partial charge is 0.0340 e. The van der Waals surface area contributed by atoms with Gasteiger partial charge in [-0.2, -0.15) is 0 Å². The van der Waals surface area contributed by atoms with Gasteiger partial charge in [0.2, 0.25) is 0 Å². The van der Waals surface area contributed by atoms with Gasteiger partial charge in [-0.05, 0) is 62.5 Å². The molecular formula is C20H32N2. The van der Waals surface area contributed by atoms with Crippen LogP contribution < -0.4 is 5.32 Å². The van der Waals surface area contributed by atoms with Crippen molar-refractivity contribution >= 4 is 11.8 Å². The Balaban J connectivity index is 1.70. The number of allylic oxidation sites excluding steroid dienone is 1. The SMILES string of the molecule is CCN(CC)CCCNc1ccc(/C=C/C2CCCC2)cc1. The molecule has 1 aliphatic carbocycles. The van der Waals surface area contributed by atoms with E-state index in [1.807, 2.05) is 0 Å². The maximum atomic E-state index is 3.52. The van der Waals surface area contributed by atoms with Crippen LogP contribution in [0.1, 0.15) is 51.5 Å². The van der Waals surface area contributed by atoms with Crippen molar-refractivity contribution in [2.24, 2.45) is 5.92 Å². The molecule has 122 valence electrons. The predicted octanol–water partition coefficient (Wildman–Crippen LogP) is 5.03. The third kappa shape index (κ3) is 5.84. The average Bonchev–Trinajstić information content (AvgIpc) is 3.08. The molecule has 0 heterocycles. The molecule has 1 fully saturated rings. The van der Waals surface area contributed by atoms with Gasteiger partial charge in [0.05, 0.1) is 0 Å². The maximum absolute atomic E-state index is 3.52. The van der Waals surface area contributed by atoms with Crippen molar-refractivity contribution < 1.29 is 0 Å². The highest BCUT2D eigenvalue weighted by atomic mass is 15.1. The lowest BCUT2D eigenvalue weighted by molar-refractivity contribution is 0.303. The van der Waals surface area contributed by atoms with Gasteiger partial charge in [0, 0.05) is 12.2 Å². The minimum absolute atomic E-state index is 0.817. The Morgan fingerprint density at radius 2 is 1.77 bits per heavy atom. The highest BCUT2D eigenvalue weighted by Gasteiger charge is 2.10. The molecule has 0 bridgehead atoms. The Hall–Kier alpha value is -1.28. The van der Waals surface area contributed by atoms with Crippen molar-refractivity contribution in [2.75, 3.05) is 31.5 Å². The summed E-state index contributed by atoms with van der Waals surface area (Å²) in [5, 5.41) is 3.52. The molecule has 0 amide bonds. The Morgan fingerprint density at radius 1 is 1.09 bits per heavy atom. The number of rotatable bonds is 9. The Kier molecular flexibility index (Phi) is 7.51. The zero-order valence-electron chi connectivity index (χ0n) is 14.4. The molecule has 1 aromatic rings. The van der Waals surface area contributed by atoms with E-state index in [0.717, 1.165) is 25.6 Å². The first kappa shape index (κ1) is 17.1. The molecule has 1 aliphatic rings. The number of hydrogen-bond acceptors (Lipinski definition) is 2. The van der Waals surface area contributed by atoms with Crippen molar-refractivity contribution in [3.05, 3.63) is 35.9 Å². The van der Waals surface area contributed by atoms with Crippen molar-refractivity contribution in [1.82, 2.24) is 4.90 Å². The largest absolute Gasteiger partial charge is 0.385 e. The third-order valence-electron chi connectivity index (χ3n) is 4.75. The second-order valence-electron chi connectivity index (χ2n) is 6.33. The fourth-order valence-electron chi connectivity index (χ4n) is 3.18. The van der Waals surface area contributed by atoms with E-state index in [9.17, 15) is 0 Å². The van der Waals surface area contributed by atoms with E-state index >= 15 is 0 Å². The van der Waals surface area contributed by atoms with Crippen molar-refractivity contribution in [3.63, 3.8) is 0 Å². The van der Waals surface area contributed by atoms with Gasteiger partial charge in [0.15, 0.2) is 0 Å². The molecule has 0 aliphatic heterocycles. The standard InChI is InChI=1S/C20H32N2/c1-3-22(4-2)17-7-16-21-20-14-12-19(13-15-20)11-10-18-8-5-6-9-18/h10-15,18,21H,3-9,16-17H2,1-2H3/b11-10+. The minimum atomic E-state index is 0.817. The second kappa shape index (κ2) is 9.68. The summed E-state index contributed by atoms with van der Waals surface area (Å²) in [7, 11) is 0. The number of hydrogen-bond donors (Lipinski definition) is 1. The number of benzene rings is 1. The van der Waals surface area contributed by atoms with Crippen LogP contribution in [0.5, 0.6) is 0 Å². The molecule has 1 N–H and O–H groups in total. The monoisotopic (exact) mass is 300 g/mol. The molecule has 0 radical (unpaired) electrons. The van der Waals surface area contributed by atoms with Gasteiger partial charge in [-0.25, -0.2) is 0 Å². The van der Waals surface area contributed by atoms with Crippen molar-refractivity contribution in [3.8, 4) is 0 Å². The summed E-state index contributed by atoms with van der Waals surface area (Å²) >= 11 is 0. The van der Waals surface area contributed by atoms with Gasteiger partial charge >= 0.3 is 0 Å². The van der Waals surface area contributed by atoms with E-state index in [1.165, 1.54) is 49.9 Å². The van der Waals surface area contributed by atoms with Gasteiger partial charge in [0.1, 0.15) is 0 Å². The molecule has 2 rings (SSSR count). The molecule has 0 atom stereocenters. The molecule has 1 saturated carbocycles. The van der Waals surface area contributed by atoms with Crippen LogP contribution in [0.2, 0.25) is 0 Å². The van der Waals surface area contributed by atoms with Gasteiger partial charge < -0.3 is 10.2 Å². The molecule has 1 aromatic carbocycles. The molecule has 0 aromatic heterocycles. The summed E-state index contributed by atoms with van der Waals surface area (Å²) in [5.74, 6) is 0.817. The first-order valence-corrected chi connectivity index (χ1v) is 9.06. The van der Waals surface area contributed by atoms with Gasteiger partial charge in [-0.15, -0.1) is 0 Å². The zero-order valence-corrected chi connectivity index (χ0v) is 14.4. The minimum Gasteiger partial charge on any atom is -0.385 e. The highest BCUT2D eigenvalue weighted by molar-refractivity contribution is 5.55. The summed E-state index contributed by atoms with van der Waals surface area (Å²) in [4.78, 5) is 2.47. The lowest BCUT2D eigenvalue weighted by Crippen LogP contribution is -2.25. The van der Waals surface area contributed by atoms with E-state index in [1.54, 1.807) is 0 Å². The van der Waals surface area contributed by atoms with Crippen molar-refractivity contribution in [2.45, 2.75) is 46.0 Å². The van der Waals surface area contributed by atoms with Gasteiger partial charge in [-0.1, -0.05) is 51.0 Å². The van der Waals surface area contributed by atoms with Crippen LogP contribution in [0.25, 0.3) is 6.08 Å². The van der Waals surface area contributed by atoms with Crippen molar-refractivity contribution in [1.29, 1.82) is 0 Å². The van der Waals surface area contributed by atoms with E-state index in [-0.39, 0.29) is 0 Å². The molecular weight excluding hydrogens is 268 g/mol. The van der Waals surface area contributed by atoms with Crippen LogP contribution >= 0.6 is 0 Å². The van der Waals surface area contributed by atoms with Crippen LogP contribution in [-0.2, 0) is 0 Å². The van der Waals surface area contributed by atoms with E-state index in [4.69, 9.17) is 0 Å². The van der Waals surface area contributed by atoms with Crippen LogP contribution in [0.15, 0.2) is 30.3 Å². The van der Waals surface area contributed by atoms with E-state index < -0.39 is 0 Å². The second-order valence-corrected chi connectivity index (χ2v) is 6.33. The zero-order chi connectivity index (χ0) is 15.6. The Morgan fingerprint density at radius 3 is 2.41 bits per heavy atom. The molecule has 0 spiro atoms. The van der Waals surface area contributed by atoms with Crippen LogP contribution in [-0.4, -0.2) is 31.1 Å². The number of anilines is 1. The number of nitrogens with one attached hydrogen (secondary N) is 1.